The summed E-state index contributed by atoms with van der Waals surface area (Å²) in [5, 5.41) is 3.16. The number of hydrogen-bond acceptors (Lipinski definition) is 3. The van der Waals surface area contributed by atoms with Gasteiger partial charge in [0.15, 0.2) is 0 Å². The van der Waals surface area contributed by atoms with Gasteiger partial charge in [0.05, 0.1) is 0 Å². The van der Waals surface area contributed by atoms with Gasteiger partial charge in [0, 0.05) is 19.1 Å². The summed E-state index contributed by atoms with van der Waals surface area (Å²) in [6.45, 7) is 2.31. The summed E-state index contributed by atoms with van der Waals surface area (Å²) in [6, 6.07) is 0.190. The van der Waals surface area contributed by atoms with Crippen LogP contribution in [0.2, 0.25) is 0 Å². The summed E-state index contributed by atoms with van der Waals surface area (Å²) < 4.78 is 28.5. The van der Waals surface area contributed by atoms with E-state index in [0.29, 0.717) is 19.0 Å². The van der Waals surface area contributed by atoms with E-state index in [2.05, 4.69) is 10.0 Å². The maximum absolute atomic E-state index is 12.1. The second-order valence-electron chi connectivity index (χ2n) is 5.15. The Balaban J connectivity index is 1.82. The van der Waals surface area contributed by atoms with E-state index in [9.17, 15) is 8.42 Å². The van der Waals surface area contributed by atoms with Crippen molar-refractivity contribution in [2.24, 2.45) is 5.92 Å². The predicted molar refractivity (Wildman–Crippen MR) is 67.9 cm³/mol. The van der Waals surface area contributed by atoms with Crippen molar-refractivity contribution in [1.82, 2.24) is 14.3 Å². The first-order valence-electron chi connectivity index (χ1n) is 6.54. The molecule has 0 aromatic carbocycles. The van der Waals surface area contributed by atoms with Crippen LogP contribution in [0.15, 0.2) is 0 Å². The molecule has 0 atom stereocenters. The lowest BCUT2D eigenvalue weighted by Gasteiger charge is -2.34. The van der Waals surface area contributed by atoms with Crippen LogP contribution in [0, 0.1) is 5.92 Å². The van der Waals surface area contributed by atoms with Crippen molar-refractivity contribution in [3.05, 3.63) is 0 Å². The van der Waals surface area contributed by atoms with Crippen molar-refractivity contribution in [3.8, 4) is 0 Å². The van der Waals surface area contributed by atoms with E-state index >= 15 is 0 Å². The molecular formula is C11H23N3O2S. The zero-order valence-electron chi connectivity index (χ0n) is 10.5. The molecule has 1 heterocycles. The summed E-state index contributed by atoms with van der Waals surface area (Å²) in [5.74, 6) is 0.621. The van der Waals surface area contributed by atoms with Crippen LogP contribution in [0.5, 0.6) is 0 Å². The molecule has 1 saturated heterocycles. The Bertz CT molecular complexity index is 333. The molecule has 0 unspecified atom stereocenters. The third-order valence-corrected chi connectivity index (χ3v) is 5.50. The van der Waals surface area contributed by atoms with Crippen molar-refractivity contribution in [2.45, 2.75) is 38.1 Å². The molecule has 2 rings (SSSR count). The van der Waals surface area contributed by atoms with Crippen LogP contribution in [0.4, 0.5) is 0 Å². The van der Waals surface area contributed by atoms with Crippen LogP contribution >= 0.6 is 0 Å². The molecule has 0 amide bonds. The van der Waals surface area contributed by atoms with E-state index in [1.165, 1.54) is 0 Å². The standard InChI is InChI=1S/C11H23N3O2S/c1-12-9-10-5-7-14(8-6-10)17(15,16)13-11-3-2-4-11/h10-13H,2-9H2,1H3. The molecule has 0 aromatic heterocycles. The molecule has 2 aliphatic rings. The Hall–Kier alpha value is -0.170. The molecule has 0 radical (unpaired) electrons. The van der Waals surface area contributed by atoms with Crippen molar-refractivity contribution in [1.29, 1.82) is 0 Å². The molecule has 0 aromatic rings. The van der Waals surface area contributed by atoms with Gasteiger partial charge in [0.2, 0.25) is 0 Å². The highest BCUT2D eigenvalue weighted by molar-refractivity contribution is 7.87. The number of rotatable bonds is 5. The third-order valence-electron chi connectivity index (χ3n) is 3.83. The molecule has 2 fully saturated rings. The minimum absolute atomic E-state index is 0.190. The van der Waals surface area contributed by atoms with Crippen molar-refractivity contribution in [3.63, 3.8) is 0 Å². The van der Waals surface area contributed by atoms with Gasteiger partial charge >= 0.3 is 0 Å². The lowest BCUT2D eigenvalue weighted by Crippen LogP contribution is -2.50. The Kier molecular flexibility index (Phi) is 4.41. The molecule has 1 aliphatic heterocycles. The Morgan fingerprint density at radius 1 is 1.18 bits per heavy atom. The highest BCUT2D eigenvalue weighted by Crippen LogP contribution is 2.22. The molecule has 17 heavy (non-hydrogen) atoms. The Morgan fingerprint density at radius 3 is 2.29 bits per heavy atom. The maximum Gasteiger partial charge on any atom is 0.279 e. The smallest absolute Gasteiger partial charge is 0.279 e. The molecule has 0 bridgehead atoms. The van der Waals surface area contributed by atoms with E-state index in [1.54, 1.807) is 4.31 Å². The van der Waals surface area contributed by atoms with Crippen molar-refractivity contribution < 1.29 is 8.42 Å². The summed E-state index contributed by atoms with van der Waals surface area (Å²) in [7, 11) is -1.27. The van der Waals surface area contributed by atoms with Gasteiger partial charge in [-0.1, -0.05) is 6.42 Å². The van der Waals surface area contributed by atoms with Gasteiger partial charge in [-0.05, 0) is 45.2 Å². The maximum atomic E-state index is 12.1. The van der Waals surface area contributed by atoms with E-state index in [4.69, 9.17) is 0 Å². The molecular weight excluding hydrogens is 238 g/mol. The number of nitrogens with one attached hydrogen (secondary N) is 2. The van der Waals surface area contributed by atoms with Crippen LogP contribution in [-0.4, -0.2) is 45.4 Å². The van der Waals surface area contributed by atoms with Crippen molar-refractivity contribution in [2.75, 3.05) is 26.7 Å². The van der Waals surface area contributed by atoms with Gasteiger partial charge in [-0.2, -0.15) is 17.4 Å². The molecule has 6 heteroatoms. The largest absolute Gasteiger partial charge is 0.319 e. The third kappa shape index (κ3) is 3.40. The van der Waals surface area contributed by atoms with E-state index in [-0.39, 0.29) is 6.04 Å². The SMILES string of the molecule is CNCC1CCN(S(=O)(=O)NC2CCC2)CC1. The molecule has 100 valence electrons. The minimum atomic E-state index is -3.22. The lowest BCUT2D eigenvalue weighted by atomic mass is 9.94. The van der Waals surface area contributed by atoms with E-state index in [0.717, 1.165) is 38.6 Å². The van der Waals surface area contributed by atoms with Gasteiger partial charge < -0.3 is 5.32 Å². The van der Waals surface area contributed by atoms with Crippen LogP contribution in [0.3, 0.4) is 0 Å². The average molecular weight is 261 g/mol. The van der Waals surface area contributed by atoms with Crippen LogP contribution in [0.25, 0.3) is 0 Å². The first kappa shape index (κ1) is 13.3. The number of nitrogens with zero attached hydrogens (tertiary/aromatic N) is 1. The van der Waals surface area contributed by atoms with Gasteiger partial charge in [-0.3, -0.25) is 0 Å². The average Bonchev–Trinajstić information content (AvgIpc) is 2.25. The highest BCUT2D eigenvalue weighted by Gasteiger charge is 2.31. The second-order valence-corrected chi connectivity index (χ2v) is 6.85. The second kappa shape index (κ2) is 5.65. The number of piperidine rings is 1. The van der Waals surface area contributed by atoms with Gasteiger partial charge in [0.1, 0.15) is 0 Å². The summed E-state index contributed by atoms with van der Waals surface area (Å²) in [6.07, 6.45) is 5.07. The van der Waals surface area contributed by atoms with E-state index < -0.39 is 10.2 Å². The van der Waals surface area contributed by atoms with Crippen molar-refractivity contribution >= 4 is 10.2 Å². The van der Waals surface area contributed by atoms with Gasteiger partial charge in [-0.25, -0.2) is 0 Å². The summed E-state index contributed by atoms with van der Waals surface area (Å²) in [5.41, 5.74) is 0. The topological polar surface area (TPSA) is 61.4 Å². The van der Waals surface area contributed by atoms with Gasteiger partial charge in [0.25, 0.3) is 10.2 Å². The fraction of sp³-hybridized carbons (Fsp3) is 1.00. The molecule has 2 N–H and O–H groups in total. The molecule has 0 spiro atoms. The minimum Gasteiger partial charge on any atom is -0.319 e. The fourth-order valence-corrected chi connectivity index (χ4v) is 3.95. The fourth-order valence-electron chi connectivity index (χ4n) is 2.45. The molecule has 5 nitrogen and oxygen atoms in total. The molecule has 1 aliphatic carbocycles. The quantitative estimate of drug-likeness (QED) is 0.748. The predicted octanol–water partition coefficient (Wildman–Crippen LogP) is 0.305. The summed E-state index contributed by atoms with van der Waals surface area (Å²) >= 11 is 0. The van der Waals surface area contributed by atoms with Crippen LogP contribution in [-0.2, 0) is 10.2 Å². The zero-order valence-corrected chi connectivity index (χ0v) is 11.3. The van der Waals surface area contributed by atoms with Crippen LogP contribution in [0.1, 0.15) is 32.1 Å². The zero-order chi connectivity index (χ0) is 12.3. The normalized spacial score (nSPS) is 24.8. The van der Waals surface area contributed by atoms with Gasteiger partial charge in [-0.15, -0.1) is 0 Å². The number of hydrogen-bond donors (Lipinski definition) is 2. The summed E-state index contributed by atoms with van der Waals surface area (Å²) in [4.78, 5) is 0. The molecule has 1 saturated carbocycles. The monoisotopic (exact) mass is 261 g/mol. The Morgan fingerprint density at radius 2 is 1.82 bits per heavy atom. The first-order valence-corrected chi connectivity index (χ1v) is 7.98. The first-order chi connectivity index (χ1) is 8.12. The lowest BCUT2D eigenvalue weighted by molar-refractivity contribution is 0.263. The Labute approximate surface area is 104 Å². The van der Waals surface area contributed by atoms with E-state index in [1.807, 2.05) is 7.05 Å². The highest BCUT2D eigenvalue weighted by atomic mass is 32.2. The van der Waals surface area contributed by atoms with Crippen LogP contribution < -0.4 is 10.0 Å².